The lowest BCUT2D eigenvalue weighted by Crippen LogP contribution is -2.33. The maximum atomic E-state index is 12.2. The van der Waals surface area contributed by atoms with Crippen LogP contribution in [0.4, 0.5) is 0 Å². The summed E-state index contributed by atoms with van der Waals surface area (Å²) in [5.74, 6) is 0.362. The molecule has 2 aromatic rings. The molecule has 2 nitrogen and oxygen atoms in total. The van der Waals surface area contributed by atoms with Crippen LogP contribution in [0.25, 0.3) is 0 Å². The molecule has 116 valence electrons. The molecule has 0 aromatic heterocycles. The number of amides is 1. The van der Waals surface area contributed by atoms with E-state index in [4.69, 9.17) is 11.6 Å². The van der Waals surface area contributed by atoms with Crippen LogP contribution in [0.5, 0.6) is 0 Å². The monoisotopic (exact) mass is 333 g/mol. The van der Waals surface area contributed by atoms with Crippen LogP contribution in [0.15, 0.2) is 59.5 Å². The zero-order chi connectivity index (χ0) is 15.9. The van der Waals surface area contributed by atoms with Crippen molar-refractivity contribution in [3.8, 4) is 0 Å². The van der Waals surface area contributed by atoms with Crippen molar-refractivity contribution in [1.82, 2.24) is 5.32 Å². The molecule has 2 atom stereocenters. The Morgan fingerprint density at radius 3 is 2.36 bits per heavy atom. The van der Waals surface area contributed by atoms with Gasteiger partial charge in [0.05, 0.1) is 5.25 Å². The fraction of sp³-hybridized carbons (Fsp3) is 0.278. The molecule has 0 radical (unpaired) electrons. The van der Waals surface area contributed by atoms with E-state index in [1.807, 2.05) is 49.4 Å². The number of benzene rings is 2. The molecular weight excluding hydrogens is 314 g/mol. The molecule has 0 aliphatic heterocycles. The molecule has 0 saturated heterocycles. The molecule has 1 N–H and O–H groups in total. The molecule has 1 amide bonds. The van der Waals surface area contributed by atoms with E-state index in [1.54, 1.807) is 0 Å². The van der Waals surface area contributed by atoms with Gasteiger partial charge in [-0.2, -0.15) is 0 Å². The average molecular weight is 334 g/mol. The number of hydrogen-bond donors (Lipinski definition) is 1. The fourth-order valence-corrected chi connectivity index (χ4v) is 3.09. The first-order valence-electron chi connectivity index (χ1n) is 7.31. The third-order valence-electron chi connectivity index (χ3n) is 3.45. The van der Waals surface area contributed by atoms with E-state index in [9.17, 15) is 4.79 Å². The Hall–Kier alpha value is -1.45. The van der Waals surface area contributed by atoms with Crippen molar-refractivity contribution in [2.24, 2.45) is 0 Å². The van der Waals surface area contributed by atoms with Crippen molar-refractivity contribution >= 4 is 29.3 Å². The van der Waals surface area contributed by atoms with E-state index < -0.39 is 0 Å². The van der Waals surface area contributed by atoms with Gasteiger partial charge in [-0.05, 0) is 42.7 Å². The number of rotatable bonds is 6. The van der Waals surface area contributed by atoms with E-state index in [2.05, 4.69) is 24.4 Å². The zero-order valence-corrected chi connectivity index (χ0v) is 14.3. The summed E-state index contributed by atoms with van der Waals surface area (Å²) in [5.41, 5.74) is 1.24. The minimum Gasteiger partial charge on any atom is -0.355 e. The lowest BCUT2D eigenvalue weighted by Gasteiger charge is -2.16. The Bertz CT molecular complexity index is 600. The van der Waals surface area contributed by atoms with Gasteiger partial charge in [-0.15, -0.1) is 11.8 Å². The molecule has 0 fully saturated rings. The van der Waals surface area contributed by atoms with Crippen LogP contribution in [0.2, 0.25) is 5.02 Å². The largest absolute Gasteiger partial charge is 0.355 e. The van der Waals surface area contributed by atoms with E-state index in [0.717, 1.165) is 4.90 Å². The summed E-state index contributed by atoms with van der Waals surface area (Å²) in [4.78, 5) is 13.2. The molecule has 4 heteroatoms. The van der Waals surface area contributed by atoms with Crippen molar-refractivity contribution in [2.75, 3.05) is 6.54 Å². The second kappa shape index (κ2) is 8.25. The Morgan fingerprint density at radius 1 is 1.09 bits per heavy atom. The topological polar surface area (TPSA) is 29.1 Å². The second-order valence-electron chi connectivity index (χ2n) is 5.27. The average Bonchev–Trinajstić information content (AvgIpc) is 2.55. The molecule has 22 heavy (non-hydrogen) atoms. The summed E-state index contributed by atoms with van der Waals surface area (Å²) in [6.45, 7) is 4.68. The Kier molecular flexibility index (Phi) is 6.34. The summed E-state index contributed by atoms with van der Waals surface area (Å²) >= 11 is 7.40. The third kappa shape index (κ3) is 5.08. The van der Waals surface area contributed by atoms with Gasteiger partial charge in [-0.25, -0.2) is 0 Å². The summed E-state index contributed by atoms with van der Waals surface area (Å²) in [6.07, 6.45) is 0. The summed E-state index contributed by atoms with van der Waals surface area (Å²) < 4.78 is 0. The van der Waals surface area contributed by atoms with E-state index in [-0.39, 0.29) is 11.2 Å². The molecule has 0 aliphatic carbocycles. The van der Waals surface area contributed by atoms with Gasteiger partial charge in [0.25, 0.3) is 0 Å². The highest BCUT2D eigenvalue weighted by Crippen LogP contribution is 2.25. The van der Waals surface area contributed by atoms with Crippen molar-refractivity contribution in [1.29, 1.82) is 0 Å². The van der Waals surface area contributed by atoms with E-state index in [1.165, 1.54) is 17.3 Å². The molecule has 0 unspecified atom stereocenters. The molecular formula is C18H20ClNOS. The lowest BCUT2D eigenvalue weighted by atomic mass is 10.0. The Balaban J connectivity index is 1.82. The number of hydrogen-bond acceptors (Lipinski definition) is 2. The maximum Gasteiger partial charge on any atom is 0.233 e. The molecule has 0 heterocycles. The third-order valence-corrected chi connectivity index (χ3v) is 4.81. The molecule has 2 rings (SSSR count). The van der Waals surface area contributed by atoms with Crippen LogP contribution in [0, 0.1) is 0 Å². The Morgan fingerprint density at radius 2 is 1.73 bits per heavy atom. The van der Waals surface area contributed by atoms with Crippen molar-refractivity contribution in [3.63, 3.8) is 0 Å². The molecule has 2 aromatic carbocycles. The standard InChI is InChI=1S/C18H20ClNOS/c1-13(15-6-4-3-5-7-15)12-20-18(21)14(2)22-17-10-8-16(19)9-11-17/h3-11,13-14H,12H2,1-2H3,(H,20,21)/t13-,14+/m0/s1. The van der Waals surface area contributed by atoms with Crippen LogP contribution in [-0.4, -0.2) is 17.7 Å². The number of thioether (sulfide) groups is 1. The summed E-state index contributed by atoms with van der Waals surface area (Å²) in [6, 6.07) is 17.8. The maximum absolute atomic E-state index is 12.2. The van der Waals surface area contributed by atoms with Gasteiger partial charge in [0.1, 0.15) is 0 Å². The quantitative estimate of drug-likeness (QED) is 0.773. The number of carbonyl (C=O) groups is 1. The SMILES string of the molecule is C[C@@H](Sc1ccc(Cl)cc1)C(=O)NC[C@H](C)c1ccccc1. The van der Waals surface area contributed by atoms with E-state index >= 15 is 0 Å². The van der Waals surface area contributed by atoms with Crippen LogP contribution in [-0.2, 0) is 4.79 Å². The van der Waals surface area contributed by atoms with Gasteiger partial charge in [-0.3, -0.25) is 4.79 Å². The van der Waals surface area contributed by atoms with Crippen molar-refractivity contribution in [3.05, 3.63) is 65.2 Å². The highest BCUT2D eigenvalue weighted by atomic mass is 35.5. The second-order valence-corrected chi connectivity index (χ2v) is 7.12. The van der Waals surface area contributed by atoms with Crippen LogP contribution >= 0.6 is 23.4 Å². The zero-order valence-electron chi connectivity index (χ0n) is 12.8. The van der Waals surface area contributed by atoms with E-state index in [0.29, 0.717) is 17.5 Å². The smallest absolute Gasteiger partial charge is 0.233 e. The van der Waals surface area contributed by atoms with Crippen LogP contribution in [0.1, 0.15) is 25.3 Å². The predicted octanol–water partition coefficient (Wildman–Crippen LogP) is 4.74. The minimum atomic E-state index is -0.135. The normalized spacial score (nSPS) is 13.4. The summed E-state index contributed by atoms with van der Waals surface area (Å²) in [7, 11) is 0. The Labute approximate surface area is 141 Å². The van der Waals surface area contributed by atoms with Gasteiger partial charge in [0.15, 0.2) is 0 Å². The van der Waals surface area contributed by atoms with Gasteiger partial charge >= 0.3 is 0 Å². The molecule has 0 aliphatic rings. The van der Waals surface area contributed by atoms with Crippen LogP contribution in [0.3, 0.4) is 0 Å². The minimum absolute atomic E-state index is 0.0581. The van der Waals surface area contributed by atoms with Gasteiger partial charge in [0.2, 0.25) is 5.91 Å². The summed E-state index contributed by atoms with van der Waals surface area (Å²) in [5, 5.41) is 3.60. The molecule has 0 saturated carbocycles. The number of carbonyl (C=O) groups excluding carboxylic acids is 1. The highest BCUT2D eigenvalue weighted by molar-refractivity contribution is 8.00. The predicted molar refractivity (Wildman–Crippen MR) is 94.6 cm³/mol. The fourth-order valence-electron chi connectivity index (χ4n) is 2.07. The molecule has 0 spiro atoms. The first kappa shape index (κ1) is 16.9. The lowest BCUT2D eigenvalue weighted by molar-refractivity contribution is -0.120. The van der Waals surface area contributed by atoms with Gasteiger partial charge in [-0.1, -0.05) is 48.9 Å². The number of halogens is 1. The van der Waals surface area contributed by atoms with Crippen molar-refractivity contribution < 1.29 is 4.79 Å². The van der Waals surface area contributed by atoms with Gasteiger partial charge < -0.3 is 5.32 Å². The number of nitrogens with one attached hydrogen (secondary N) is 1. The molecule has 0 bridgehead atoms. The van der Waals surface area contributed by atoms with Crippen LogP contribution < -0.4 is 5.32 Å². The highest BCUT2D eigenvalue weighted by Gasteiger charge is 2.15. The van der Waals surface area contributed by atoms with Crippen molar-refractivity contribution in [2.45, 2.75) is 29.9 Å². The first-order valence-corrected chi connectivity index (χ1v) is 8.57. The first-order chi connectivity index (χ1) is 10.6. The van der Waals surface area contributed by atoms with Gasteiger partial charge in [0, 0.05) is 16.5 Å².